The number of hydrogen-bond donors (Lipinski definition) is 1. The molecule has 0 aliphatic carbocycles. The first-order valence-electron chi connectivity index (χ1n) is 13.8. The van der Waals surface area contributed by atoms with Crippen molar-refractivity contribution < 1.29 is 39.7 Å². The van der Waals surface area contributed by atoms with Gasteiger partial charge >= 0.3 is 16.0 Å². The number of anilines is 1. The normalized spacial score (nSPS) is 14.2. The zero-order chi connectivity index (χ0) is 30.9. The number of fused-ring (bicyclic) bond motifs is 2. The van der Waals surface area contributed by atoms with E-state index in [2.05, 4.69) is 0 Å². The quantitative estimate of drug-likeness (QED) is 0.121. The van der Waals surface area contributed by atoms with Gasteiger partial charge in [-0.2, -0.15) is 8.42 Å². The highest BCUT2D eigenvalue weighted by molar-refractivity contribution is 7.85. The smallest absolute Gasteiger partial charge is 0.380 e. The average Bonchev–Trinajstić information content (AvgIpc) is 3.51. The minimum absolute atomic E-state index is 0.112. The van der Waals surface area contributed by atoms with Gasteiger partial charge in [-0.25, -0.2) is 8.42 Å². The minimum atomic E-state index is -4.47. The van der Waals surface area contributed by atoms with Crippen LogP contribution in [0.4, 0.5) is 5.69 Å². The van der Waals surface area contributed by atoms with Gasteiger partial charge in [0, 0.05) is 18.4 Å². The van der Waals surface area contributed by atoms with E-state index in [1.54, 1.807) is 18.2 Å². The predicted molar refractivity (Wildman–Crippen MR) is 165 cm³/mol. The number of rotatable bonds is 10. The second-order valence-corrected chi connectivity index (χ2v) is 13.3. The standard InChI is InChI=1S/C32H28N2O8S2/c35-43(36,37)18-8-7-17-33-27-19-25(23-9-3-1-4-10-23)13-15-29(27)41-31(33)21-32-34(22-44(38,39)40)28-20-26(14-16-30(28)42-32)24-11-5-2-6-12-24/h1-6,9-16,19-21H,7-8,17-18,22H2,(H-,35,36,37,38,39,40). The summed E-state index contributed by atoms with van der Waals surface area (Å²) in [5.74, 6) is -0.290. The molecule has 10 nitrogen and oxygen atoms in total. The summed E-state index contributed by atoms with van der Waals surface area (Å²) >= 11 is 0. The molecule has 0 amide bonds. The summed E-state index contributed by atoms with van der Waals surface area (Å²) < 4.78 is 81.3. The maximum absolute atomic E-state index is 12.1. The van der Waals surface area contributed by atoms with Crippen molar-refractivity contribution in [3.05, 3.63) is 109 Å². The van der Waals surface area contributed by atoms with E-state index in [9.17, 15) is 25.9 Å². The van der Waals surface area contributed by atoms with E-state index in [-0.39, 0.29) is 12.3 Å². The van der Waals surface area contributed by atoms with Gasteiger partial charge in [-0.15, -0.1) is 4.57 Å². The number of nitrogens with zero attached hydrogens (tertiary/aromatic N) is 2. The summed E-state index contributed by atoms with van der Waals surface area (Å²) in [7, 11) is -8.83. The molecule has 1 N–H and O–H groups in total. The van der Waals surface area contributed by atoms with Crippen LogP contribution in [0.2, 0.25) is 0 Å². The Hall–Kier alpha value is -4.49. The summed E-state index contributed by atoms with van der Waals surface area (Å²) in [6.07, 6.45) is 2.06. The second-order valence-electron chi connectivity index (χ2n) is 10.4. The lowest BCUT2D eigenvalue weighted by molar-refractivity contribution is -0.658. The van der Waals surface area contributed by atoms with E-state index < -0.39 is 31.9 Å². The van der Waals surface area contributed by atoms with Crippen LogP contribution >= 0.6 is 0 Å². The first kappa shape index (κ1) is 29.6. The van der Waals surface area contributed by atoms with Gasteiger partial charge in [0.15, 0.2) is 5.75 Å². The molecule has 5 aromatic rings. The Bertz CT molecular complexity index is 2080. The van der Waals surface area contributed by atoms with E-state index in [1.807, 2.05) is 89.8 Å². The van der Waals surface area contributed by atoms with E-state index in [0.29, 0.717) is 41.4 Å². The molecule has 1 aliphatic heterocycles. The second kappa shape index (κ2) is 11.9. The van der Waals surface area contributed by atoms with Gasteiger partial charge in [-0.1, -0.05) is 72.8 Å². The van der Waals surface area contributed by atoms with Crippen LogP contribution in [0.25, 0.3) is 39.4 Å². The van der Waals surface area contributed by atoms with Crippen molar-refractivity contribution in [2.24, 2.45) is 0 Å². The Kier molecular flexibility index (Phi) is 7.99. The molecule has 0 bridgehead atoms. The van der Waals surface area contributed by atoms with Gasteiger partial charge in [-0.05, 0) is 53.3 Å². The Morgan fingerprint density at radius 1 is 0.795 bits per heavy atom. The number of hydrogen-bond acceptors (Lipinski definition) is 8. The molecule has 2 heterocycles. The van der Waals surface area contributed by atoms with Gasteiger partial charge in [0.2, 0.25) is 11.5 Å². The molecular formula is C32H28N2O8S2. The Balaban J connectivity index is 1.43. The molecule has 0 radical (unpaired) electrons. The van der Waals surface area contributed by atoms with Gasteiger partial charge in [0.1, 0.15) is 6.08 Å². The van der Waals surface area contributed by atoms with Crippen molar-refractivity contribution in [3.63, 3.8) is 0 Å². The van der Waals surface area contributed by atoms with Crippen LogP contribution in [0.1, 0.15) is 18.7 Å². The van der Waals surface area contributed by atoms with Crippen molar-refractivity contribution in [1.82, 2.24) is 0 Å². The van der Waals surface area contributed by atoms with E-state index in [0.717, 1.165) is 22.3 Å². The molecule has 1 aliphatic rings. The third kappa shape index (κ3) is 6.68. The molecule has 0 fully saturated rings. The number of unbranched alkanes of at least 4 members (excludes halogenated alkanes) is 1. The molecular weight excluding hydrogens is 604 g/mol. The van der Waals surface area contributed by atoms with Gasteiger partial charge in [-0.3, -0.25) is 4.55 Å². The number of ether oxygens (including phenoxy) is 1. The SMILES string of the molecule is O=S(=O)([O-])CCCCN1C(=Cc2oc3ccc(-c4ccccc4)cc3[n+]2CS(=O)(=O)O)Oc2ccc(-c3ccccc3)cc21. The van der Waals surface area contributed by atoms with Crippen LogP contribution in [-0.2, 0) is 26.1 Å². The predicted octanol–water partition coefficient (Wildman–Crippen LogP) is 5.42. The van der Waals surface area contributed by atoms with Crippen molar-refractivity contribution in [1.29, 1.82) is 0 Å². The Labute approximate surface area is 254 Å². The number of oxazole rings is 1. The maximum Gasteiger partial charge on any atom is 0.380 e. The molecule has 12 heteroatoms. The fourth-order valence-electron chi connectivity index (χ4n) is 5.22. The van der Waals surface area contributed by atoms with Crippen LogP contribution in [0.3, 0.4) is 0 Å². The van der Waals surface area contributed by atoms with Gasteiger partial charge in [0.25, 0.3) is 11.4 Å². The molecule has 0 saturated carbocycles. The zero-order valence-electron chi connectivity index (χ0n) is 23.4. The molecule has 4 aromatic carbocycles. The molecule has 226 valence electrons. The Morgan fingerprint density at radius 3 is 2.07 bits per heavy atom. The lowest BCUT2D eigenvalue weighted by Crippen LogP contribution is -2.39. The monoisotopic (exact) mass is 632 g/mol. The Morgan fingerprint density at radius 2 is 1.43 bits per heavy atom. The van der Waals surface area contributed by atoms with Crippen molar-refractivity contribution in [2.45, 2.75) is 18.7 Å². The summed E-state index contributed by atoms with van der Waals surface area (Å²) in [6, 6.07) is 30.4. The van der Waals surface area contributed by atoms with Gasteiger partial charge in [0.05, 0.1) is 15.8 Å². The van der Waals surface area contributed by atoms with E-state index in [1.165, 1.54) is 4.57 Å². The highest BCUT2D eigenvalue weighted by Gasteiger charge is 2.32. The zero-order valence-corrected chi connectivity index (χ0v) is 25.0. The third-order valence-corrected chi connectivity index (χ3v) is 8.61. The van der Waals surface area contributed by atoms with Crippen molar-refractivity contribution in [3.8, 4) is 28.0 Å². The highest BCUT2D eigenvalue weighted by Crippen LogP contribution is 2.42. The summed E-state index contributed by atoms with van der Waals surface area (Å²) in [5, 5.41) is 0. The third-order valence-electron chi connectivity index (χ3n) is 7.24. The van der Waals surface area contributed by atoms with Crippen LogP contribution in [0.15, 0.2) is 107 Å². The summed E-state index contributed by atoms with van der Waals surface area (Å²) in [5.41, 5.74) is 5.23. The fraction of sp³-hybridized carbons (Fsp3) is 0.156. The topological polar surface area (TPSA) is 141 Å². The first-order valence-corrected chi connectivity index (χ1v) is 17.0. The molecule has 6 rings (SSSR count). The molecule has 0 saturated heterocycles. The van der Waals surface area contributed by atoms with Crippen molar-refractivity contribution >= 4 is 43.1 Å². The van der Waals surface area contributed by atoms with E-state index >= 15 is 0 Å². The molecule has 1 aromatic heterocycles. The molecule has 0 unspecified atom stereocenters. The van der Waals surface area contributed by atoms with Gasteiger partial charge < -0.3 is 18.6 Å². The largest absolute Gasteiger partial charge is 0.748 e. The lowest BCUT2D eigenvalue weighted by atomic mass is 10.0. The number of aromatic nitrogens is 1. The molecule has 0 atom stereocenters. The van der Waals surface area contributed by atoms with Crippen LogP contribution in [0, 0.1) is 0 Å². The minimum Gasteiger partial charge on any atom is -0.748 e. The molecule has 0 spiro atoms. The lowest BCUT2D eigenvalue weighted by Gasteiger charge is -2.18. The van der Waals surface area contributed by atoms with Crippen LogP contribution < -0.4 is 14.2 Å². The number of benzene rings is 4. The maximum atomic E-state index is 12.1. The average molecular weight is 633 g/mol. The van der Waals surface area contributed by atoms with Crippen LogP contribution in [0.5, 0.6) is 5.75 Å². The fourth-order valence-corrected chi connectivity index (χ4v) is 6.37. The van der Waals surface area contributed by atoms with Crippen molar-refractivity contribution in [2.75, 3.05) is 17.2 Å². The van der Waals surface area contributed by atoms with E-state index in [4.69, 9.17) is 9.15 Å². The van der Waals surface area contributed by atoms with Crippen LogP contribution in [-0.4, -0.2) is 38.2 Å². The highest BCUT2D eigenvalue weighted by atomic mass is 32.2. The summed E-state index contributed by atoms with van der Waals surface area (Å²) in [4.78, 5) is 1.83. The molecule has 44 heavy (non-hydrogen) atoms. The first-order chi connectivity index (χ1) is 21.0. The summed E-state index contributed by atoms with van der Waals surface area (Å²) in [6.45, 7) is 0.309.